The Morgan fingerprint density at radius 2 is 2.15 bits per heavy atom. The molecular weight excluding hydrogens is 356 g/mol. The van der Waals surface area contributed by atoms with E-state index in [1.807, 2.05) is 13.2 Å². The summed E-state index contributed by atoms with van der Waals surface area (Å²) < 4.78 is 17.9. The number of ether oxygens (including phenoxy) is 1. The van der Waals surface area contributed by atoms with Gasteiger partial charge in [0.15, 0.2) is 5.82 Å². The lowest BCUT2D eigenvalue weighted by Crippen LogP contribution is -2.40. The quantitative estimate of drug-likeness (QED) is 0.709. The SMILES string of the molecule is Cn1cc(-c2cc(-c3nc(COC4CCN(C(=O)O)CC4)no3)on2)cn1. The third kappa shape index (κ3) is 3.82. The lowest BCUT2D eigenvalue weighted by molar-refractivity contribution is -0.00294. The first-order chi connectivity index (χ1) is 13.1. The van der Waals surface area contributed by atoms with Crippen LogP contribution in [0.15, 0.2) is 27.5 Å². The Bertz CT molecular complexity index is 923. The Morgan fingerprint density at radius 3 is 2.85 bits per heavy atom. The fraction of sp³-hybridized carbons (Fsp3) is 0.438. The Kier molecular flexibility index (Phi) is 4.59. The first kappa shape index (κ1) is 17.2. The summed E-state index contributed by atoms with van der Waals surface area (Å²) in [5.41, 5.74) is 1.45. The fourth-order valence-corrected chi connectivity index (χ4v) is 2.88. The third-order valence-corrected chi connectivity index (χ3v) is 4.35. The van der Waals surface area contributed by atoms with Crippen LogP contribution in [0.5, 0.6) is 0 Å². The molecule has 3 aromatic heterocycles. The average molecular weight is 374 g/mol. The van der Waals surface area contributed by atoms with Crippen molar-refractivity contribution < 1.29 is 23.7 Å². The maximum atomic E-state index is 10.9. The van der Waals surface area contributed by atoms with Crippen molar-refractivity contribution in [1.82, 2.24) is 30.0 Å². The lowest BCUT2D eigenvalue weighted by Gasteiger charge is -2.29. The number of amides is 1. The van der Waals surface area contributed by atoms with Crippen molar-refractivity contribution in [1.29, 1.82) is 0 Å². The van der Waals surface area contributed by atoms with E-state index in [1.54, 1.807) is 16.9 Å². The molecule has 4 rings (SSSR count). The zero-order valence-electron chi connectivity index (χ0n) is 14.6. The number of nitrogens with zero attached hydrogens (tertiary/aromatic N) is 6. The number of hydrogen-bond acceptors (Lipinski definition) is 8. The number of hydrogen-bond donors (Lipinski definition) is 1. The van der Waals surface area contributed by atoms with Crippen molar-refractivity contribution in [3.63, 3.8) is 0 Å². The van der Waals surface area contributed by atoms with Crippen LogP contribution >= 0.6 is 0 Å². The summed E-state index contributed by atoms with van der Waals surface area (Å²) >= 11 is 0. The maximum absolute atomic E-state index is 10.9. The molecule has 11 heteroatoms. The molecule has 0 saturated carbocycles. The molecule has 0 aromatic carbocycles. The summed E-state index contributed by atoms with van der Waals surface area (Å²) in [5, 5.41) is 20.9. The van der Waals surface area contributed by atoms with E-state index in [-0.39, 0.29) is 18.6 Å². The monoisotopic (exact) mass is 374 g/mol. The molecule has 142 valence electrons. The highest BCUT2D eigenvalue weighted by molar-refractivity contribution is 5.65. The number of aromatic nitrogens is 5. The second kappa shape index (κ2) is 7.19. The summed E-state index contributed by atoms with van der Waals surface area (Å²) in [7, 11) is 1.82. The second-order valence-electron chi connectivity index (χ2n) is 6.27. The van der Waals surface area contributed by atoms with Gasteiger partial charge in [0, 0.05) is 38.0 Å². The van der Waals surface area contributed by atoms with Gasteiger partial charge in [-0.1, -0.05) is 10.3 Å². The zero-order chi connectivity index (χ0) is 18.8. The molecular formula is C16H18N6O5. The Labute approximate surface area is 153 Å². The largest absolute Gasteiger partial charge is 0.465 e. The Morgan fingerprint density at radius 1 is 1.33 bits per heavy atom. The van der Waals surface area contributed by atoms with Crippen LogP contribution in [-0.2, 0) is 18.4 Å². The Balaban J connectivity index is 1.34. The van der Waals surface area contributed by atoms with Crippen LogP contribution in [-0.4, -0.2) is 60.4 Å². The zero-order valence-corrected chi connectivity index (χ0v) is 14.6. The number of carboxylic acid groups (broad SMARTS) is 1. The maximum Gasteiger partial charge on any atom is 0.407 e. The van der Waals surface area contributed by atoms with E-state index in [2.05, 4.69) is 20.4 Å². The third-order valence-electron chi connectivity index (χ3n) is 4.35. The van der Waals surface area contributed by atoms with E-state index in [0.29, 0.717) is 43.2 Å². The minimum absolute atomic E-state index is 0.0231. The van der Waals surface area contributed by atoms with Crippen molar-refractivity contribution in [3.05, 3.63) is 24.3 Å². The van der Waals surface area contributed by atoms with Gasteiger partial charge < -0.3 is 23.8 Å². The molecule has 1 amide bonds. The first-order valence-electron chi connectivity index (χ1n) is 8.46. The van der Waals surface area contributed by atoms with E-state index >= 15 is 0 Å². The number of likely N-dealkylation sites (tertiary alicyclic amines) is 1. The van der Waals surface area contributed by atoms with Crippen LogP contribution in [0.4, 0.5) is 4.79 Å². The number of rotatable bonds is 5. The molecule has 11 nitrogen and oxygen atoms in total. The summed E-state index contributed by atoms with van der Waals surface area (Å²) in [5.74, 6) is 0.976. The fourth-order valence-electron chi connectivity index (χ4n) is 2.88. The van der Waals surface area contributed by atoms with E-state index < -0.39 is 6.09 Å². The van der Waals surface area contributed by atoms with Gasteiger partial charge in [0.25, 0.3) is 5.89 Å². The van der Waals surface area contributed by atoms with Crippen LogP contribution in [0.3, 0.4) is 0 Å². The van der Waals surface area contributed by atoms with Crippen LogP contribution in [0.25, 0.3) is 22.9 Å². The number of aryl methyl sites for hydroxylation is 1. The minimum Gasteiger partial charge on any atom is -0.465 e. The lowest BCUT2D eigenvalue weighted by atomic mass is 10.1. The van der Waals surface area contributed by atoms with E-state index in [1.165, 1.54) is 4.90 Å². The summed E-state index contributed by atoms with van der Waals surface area (Å²) in [6.07, 6.45) is 3.88. The van der Waals surface area contributed by atoms with Crippen molar-refractivity contribution in [2.45, 2.75) is 25.6 Å². The molecule has 1 N–H and O–H groups in total. The van der Waals surface area contributed by atoms with Crippen LogP contribution in [0, 0.1) is 0 Å². The molecule has 0 atom stereocenters. The van der Waals surface area contributed by atoms with Crippen LogP contribution in [0.2, 0.25) is 0 Å². The van der Waals surface area contributed by atoms with Gasteiger partial charge in [-0.05, 0) is 12.8 Å². The molecule has 27 heavy (non-hydrogen) atoms. The summed E-state index contributed by atoms with van der Waals surface area (Å²) in [4.78, 5) is 16.5. The summed E-state index contributed by atoms with van der Waals surface area (Å²) in [6.45, 7) is 1.12. The van der Waals surface area contributed by atoms with Gasteiger partial charge >= 0.3 is 6.09 Å². The van der Waals surface area contributed by atoms with Crippen LogP contribution in [0.1, 0.15) is 18.7 Å². The van der Waals surface area contributed by atoms with Gasteiger partial charge in [0.1, 0.15) is 12.3 Å². The molecule has 1 fully saturated rings. The molecule has 4 heterocycles. The highest BCUT2D eigenvalue weighted by atomic mass is 16.5. The predicted octanol–water partition coefficient (Wildman–Crippen LogP) is 1.78. The molecule has 1 aliphatic heterocycles. The summed E-state index contributed by atoms with van der Waals surface area (Å²) in [6, 6.07) is 1.71. The molecule has 1 saturated heterocycles. The first-order valence-corrected chi connectivity index (χ1v) is 8.46. The van der Waals surface area contributed by atoms with Gasteiger partial charge in [-0.15, -0.1) is 0 Å². The molecule has 0 bridgehead atoms. The van der Waals surface area contributed by atoms with Crippen LogP contribution < -0.4 is 0 Å². The molecule has 0 aliphatic carbocycles. The van der Waals surface area contributed by atoms with E-state index in [9.17, 15) is 4.79 Å². The molecule has 3 aromatic rings. The van der Waals surface area contributed by atoms with E-state index in [4.69, 9.17) is 18.9 Å². The predicted molar refractivity (Wildman–Crippen MR) is 89.4 cm³/mol. The van der Waals surface area contributed by atoms with Crippen molar-refractivity contribution in [2.75, 3.05) is 13.1 Å². The highest BCUT2D eigenvalue weighted by Gasteiger charge is 2.23. The molecule has 0 unspecified atom stereocenters. The van der Waals surface area contributed by atoms with Crippen molar-refractivity contribution >= 4 is 6.09 Å². The smallest absolute Gasteiger partial charge is 0.407 e. The average Bonchev–Trinajstić information content (AvgIpc) is 3.40. The molecule has 0 spiro atoms. The van der Waals surface area contributed by atoms with Gasteiger partial charge in [-0.2, -0.15) is 10.1 Å². The van der Waals surface area contributed by atoms with Gasteiger partial charge in [-0.25, -0.2) is 4.79 Å². The van der Waals surface area contributed by atoms with Gasteiger partial charge in [0.05, 0.1) is 12.3 Å². The topological polar surface area (TPSA) is 133 Å². The molecule has 1 aliphatic rings. The second-order valence-corrected chi connectivity index (χ2v) is 6.27. The van der Waals surface area contributed by atoms with Gasteiger partial charge in [-0.3, -0.25) is 4.68 Å². The van der Waals surface area contributed by atoms with Crippen molar-refractivity contribution in [2.24, 2.45) is 7.05 Å². The minimum atomic E-state index is -0.894. The van der Waals surface area contributed by atoms with Crippen molar-refractivity contribution in [3.8, 4) is 22.9 Å². The normalized spacial score (nSPS) is 15.4. The standard InChI is InChI=1S/C16H18N6O5/c1-21-8-10(7-17-21)12-6-13(26-19-12)15-18-14(20-27-15)9-25-11-2-4-22(5-3-11)16(23)24/h6-8,11H,2-5,9H2,1H3,(H,23,24). The van der Waals surface area contributed by atoms with E-state index in [0.717, 1.165) is 5.56 Å². The number of piperidine rings is 1. The van der Waals surface area contributed by atoms with Gasteiger partial charge in [0.2, 0.25) is 5.76 Å². The Hall–Kier alpha value is -3.21. The highest BCUT2D eigenvalue weighted by Crippen LogP contribution is 2.24. The number of carbonyl (C=O) groups is 1. The molecule has 0 radical (unpaired) electrons.